The molecule has 0 aliphatic carbocycles. The molecule has 41 heavy (non-hydrogen) atoms. The van der Waals surface area contributed by atoms with Gasteiger partial charge in [-0.3, -0.25) is 9.36 Å². The molecule has 3 aromatic rings. The fourth-order valence-electron chi connectivity index (χ4n) is 6.47. The smallest absolute Gasteiger partial charge is 0.350 e. The van der Waals surface area contributed by atoms with Gasteiger partial charge in [-0.15, -0.1) is 0 Å². The summed E-state index contributed by atoms with van der Waals surface area (Å²) in [5.41, 5.74) is 0.410. The molecule has 11 heteroatoms. The number of anilines is 1. The highest BCUT2D eigenvalue weighted by Gasteiger charge is 2.36. The molecule has 2 aromatic carbocycles. The van der Waals surface area contributed by atoms with Gasteiger partial charge in [0.1, 0.15) is 24.1 Å². The second-order valence-corrected chi connectivity index (χ2v) is 11.6. The number of likely N-dealkylation sites (tertiary alicyclic amines) is 1. The predicted molar refractivity (Wildman–Crippen MR) is 155 cm³/mol. The first-order valence-electron chi connectivity index (χ1n) is 14.0. The van der Waals surface area contributed by atoms with E-state index in [4.69, 9.17) is 16.3 Å². The molecule has 0 N–H and O–H groups in total. The van der Waals surface area contributed by atoms with Gasteiger partial charge in [0.2, 0.25) is 5.91 Å². The Balaban J connectivity index is 1.56. The van der Waals surface area contributed by atoms with Gasteiger partial charge in [-0.05, 0) is 64.1 Å². The Morgan fingerprint density at radius 3 is 2.63 bits per heavy atom. The Morgan fingerprint density at radius 1 is 1.17 bits per heavy atom. The van der Waals surface area contributed by atoms with Crippen LogP contribution in [0.15, 0.2) is 41.7 Å². The summed E-state index contributed by atoms with van der Waals surface area (Å²) in [4.78, 5) is 37.0. The van der Waals surface area contributed by atoms with Crippen LogP contribution in [0.5, 0.6) is 5.75 Å². The number of halogens is 3. The third-order valence-corrected chi connectivity index (χ3v) is 8.76. The zero-order valence-corrected chi connectivity index (χ0v) is 23.8. The second-order valence-electron chi connectivity index (χ2n) is 11.2. The summed E-state index contributed by atoms with van der Waals surface area (Å²) in [5, 5.41) is 0.801. The van der Waals surface area contributed by atoms with Crippen molar-refractivity contribution in [3.63, 3.8) is 0 Å². The number of amides is 1. The van der Waals surface area contributed by atoms with Crippen LogP contribution < -0.4 is 15.3 Å². The average Bonchev–Trinajstić information content (AvgIpc) is 3.45. The van der Waals surface area contributed by atoms with Crippen LogP contribution in [0.4, 0.5) is 14.6 Å². The Hall–Kier alpha value is -3.50. The van der Waals surface area contributed by atoms with Gasteiger partial charge in [-0.2, -0.15) is 4.98 Å². The average molecular weight is 584 g/mol. The van der Waals surface area contributed by atoms with Gasteiger partial charge in [0.05, 0.1) is 16.6 Å². The third-order valence-electron chi connectivity index (χ3n) is 8.47. The van der Waals surface area contributed by atoms with Gasteiger partial charge < -0.3 is 19.4 Å². The van der Waals surface area contributed by atoms with Crippen LogP contribution in [-0.4, -0.2) is 76.7 Å². The first-order valence-corrected chi connectivity index (χ1v) is 14.3. The van der Waals surface area contributed by atoms with Crippen molar-refractivity contribution in [2.24, 2.45) is 0 Å². The monoisotopic (exact) mass is 583 g/mol. The Bertz CT molecular complexity index is 1610. The number of aromatic nitrogens is 2. The predicted octanol–water partition coefficient (Wildman–Crippen LogP) is 4.64. The lowest BCUT2D eigenvalue weighted by atomic mass is 9.99. The molecule has 2 fully saturated rings. The summed E-state index contributed by atoms with van der Waals surface area (Å²) in [7, 11) is 0. The van der Waals surface area contributed by atoms with Crippen LogP contribution in [0.2, 0.25) is 5.02 Å². The SMILES string of the molecule is C=CC(=O)N1C[C@H](C)N(c2nc(=O)n3c4c(c(-c5ccc(F)cc5F)c(Cl)cc24)OCC3CN2CCCC2)C[C@H]1C. The number of piperazine rings is 1. The normalized spacial score (nSPS) is 22.7. The number of nitrogens with zero attached hydrogens (tertiary/aromatic N) is 5. The van der Waals surface area contributed by atoms with Crippen molar-refractivity contribution in [1.82, 2.24) is 19.4 Å². The first kappa shape index (κ1) is 27.7. The molecule has 6 rings (SSSR count). The highest BCUT2D eigenvalue weighted by Crippen LogP contribution is 2.47. The summed E-state index contributed by atoms with van der Waals surface area (Å²) < 4.78 is 36.9. The van der Waals surface area contributed by atoms with Crippen LogP contribution in [-0.2, 0) is 4.79 Å². The fourth-order valence-corrected chi connectivity index (χ4v) is 6.76. The molecular weight excluding hydrogens is 552 g/mol. The summed E-state index contributed by atoms with van der Waals surface area (Å²) >= 11 is 6.84. The number of ether oxygens (including phenoxy) is 1. The van der Waals surface area contributed by atoms with E-state index < -0.39 is 17.3 Å². The van der Waals surface area contributed by atoms with Crippen LogP contribution >= 0.6 is 11.6 Å². The molecule has 1 unspecified atom stereocenters. The van der Waals surface area contributed by atoms with E-state index in [0.29, 0.717) is 36.4 Å². The maximum Gasteiger partial charge on any atom is 0.350 e. The van der Waals surface area contributed by atoms with Crippen LogP contribution in [0, 0.1) is 11.6 Å². The quantitative estimate of drug-likeness (QED) is 0.408. The Kier molecular flexibility index (Phi) is 7.23. The summed E-state index contributed by atoms with van der Waals surface area (Å²) in [6.07, 6.45) is 3.51. The number of carbonyl (C=O) groups excluding carboxylic acids is 1. The van der Waals surface area contributed by atoms with Crippen molar-refractivity contribution in [2.75, 3.05) is 44.2 Å². The summed E-state index contributed by atoms with van der Waals surface area (Å²) in [6, 6.07) is 4.37. The molecule has 0 radical (unpaired) electrons. The summed E-state index contributed by atoms with van der Waals surface area (Å²) in [5.74, 6) is -0.924. The largest absolute Gasteiger partial charge is 0.488 e. The molecule has 4 heterocycles. The topological polar surface area (TPSA) is 70.9 Å². The number of carbonyl (C=O) groups is 1. The molecule has 216 valence electrons. The molecule has 3 aliphatic rings. The van der Waals surface area contributed by atoms with E-state index in [1.807, 2.05) is 18.7 Å². The zero-order chi connectivity index (χ0) is 29.0. The van der Waals surface area contributed by atoms with Gasteiger partial charge in [-0.1, -0.05) is 18.2 Å². The lowest BCUT2D eigenvalue weighted by Gasteiger charge is -2.45. The molecule has 8 nitrogen and oxygen atoms in total. The zero-order valence-electron chi connectivity index (χ0n) is 23.1. The Morgan fingerprint density at radius 2 is 1.93 bits per heavy atom. The van der Waals surface area contributed by atoms with Gasteiger partial charge in [0.25, 0.3) is 0 Å². The number of hydrogen-bond acceptors (Lipinski definition) is 6. The number of benzene rings is 2. The molecule has 3 atom stereocenters. The molecule has 1 aromatic heterocycles. The van der Waals surface area contributed by atoms with Crippen molar-refractivity contribution in [2.45, 2.75) is 44.8 Å². The van der Waals surface area contributed by atoms with Gasteiger partial charge in [-0.25, -0.2) is 13.6 Å². The second kappa shape index (κ2) is 10.7. The fraction of sp³-hybridized carbons (Fsp3) is 0.433. The standard InChI is InChI=1S/C30H32ClF2N5O3/c1-4-25(39)36-13-18(3)37(14-17(36)2)29-22-12-23(31)26(21-8-7-19(32)11-24(21)33)28-27(22)38(30(40)34-29)20(16-41-28)15-35-9-5-6-10-35/h4,7-8,11-12,17-18,20H,1,5-6,9-10,13-16H2,2-3H3/t17-,18+,20?/m1/s1. The van der Waals surface area contributed by atoms with E-state index in [1.54, 1.807) is 15.5 Å². The van der Waals surface area contributed by atoms with Crippen LogP contribution in [0.3, 0.4) is 0 Å². The molecule has 0 spiro atoms. The number of hydrogen-bond donors (Lipinski definition) is 0. The van der Waals surface area contributed by atoms with Crippen LogP contribution in [0.25, 0.3) is 22.0 Å². The molecular formula is C30H32ClF2N5O3. The van der Waals surface area contributed by atoms with Gasteiger partial charge >= 0.3 is 5.69 Å². The van der Waals surface area contributed by atoms with E-state index in [0.717, 1.165) is 32.0 Å². The lowest BCUT2D eigenvalue weighted by molar-refractivity contribution is -0.128. The van der Waals surface area contributed by atoms with Crippen LogP contribution in [0.1, 0.15) is 32.7 Å². The highest BCUT2D eigenvalue weighted by molar-refractivity contribution is 6.35. The molecule has 1 amide bonds. The van der Waals surface area contributed by atoms with Crippen molar-refractivity contribution >= 4 is 34.2 Å². The van der Waals surface area contributed by atoms with Crippen molar-refractivity contribution in [1.29, 1.82) is 0 Å². The lowest BCUT2D eigenvalue weighted by Crippen LogP contribution is -2.58. The molecule has 0 saturated carbocycles. The van der Waals surface area contributed by atoms with E-state index in [-0.39, 0.29) is 52.5 Å². The van der Waals surface area contributed by atoms with E-state index in [1.165, 1.54) is 18.2 Å². The highest BCUT2D eigenvalue weighted by atomic mass is 35.5. The number of rotatable bonds is 5. The van der Waals surface area contributed by atoms with Crippen molar-refractivity contribution in [3.8, 4) is 16.9 Å². The minimum atomic E-state index is -0.779. The first-order chi connectivity index (χ1) is 19.7. The van der Waals surface area contributed by atoms with E-state index >= 15 is 4.39 Å². The maximum absolute atomic E-state index is 15.1. The minimum Gasteiger partial charge on any atom is -0.488 e. The van der Waals surface area contributed by atoms with Gasteiger partial charge in [0, 0.05) is 54.3 Å². The third kappa shape index (κ3) is 4.76. The molecule has 0 bridgehead atoms. The minimum absolute atomic E-state index is 0.0854. The molecule has 2 saturated heterocycles. The van der Waals surface area contributed by atoms with Crippen molar-refractivity contribution < 1.29 is 18.3 Å². The van der Waals surface area contributed by atoms with E-state index in [9.17, 15) is 14.0 Å². The summed E-state index contributed by atoms with van der Waals surface area (Å²) in [6.45, 7) is 11.1. The maximum atomic E-state index is 15.1. The molecule has 3 aliphatic heterocycles. The van der Waals surface area contributed by atoms with Crippen molar-refractivity contribution in [3.05, 3.63) is 64.1 Å². The van der Waals surface area contributed by atoms with E-state index in [2.05, 4.69) is 16.5 Å². The Labute approximate surface area is 241 Å². The van der Waals surface area contributed by atoms with Gasteiger partial charge in [0.15, 0.2) is 5.75 Å².